The van der Waals surface area contributed by atoms with Gasteiger partial charge in [-0.15, -0.1) is 0 Å². The van der Waals surface area contributed by atoms with Gasteiger partial charge in [0.25, 0.3) is 0 Å². The Morgan fingerprint density at radius 3 is 0.992 bits per heavy atom. The van der Waals surface area contributed by atoms with Gasteiger partial charge in [-0.1, -0.05) is 247 Å². The van der Waals surface area contributed by atoms with Crippen LogP contribution in [0.25, 0.3) is 178 Å². The van der Waals surface area contributed by atoms with Crippen molar-refractivity contribution < 1.29 is 13.3 Å². The van der Waals surface area contributed by atoms with Gasteiger partial charge >= 0.3 is 0 Å². The average Bonchev–Trinajstić information content (AvgIpc) is 1.31. The van der Waals surface area contributed by atoms with Crippen molar-refractivity contribution in [3.63, 3.8) is 0 Å². The molecule has 10 aromatic carbocycles. The molecule has 9 heterocycles. The first kappa shape index (κ1) is 77.1. The highest BCUT2D eigenvalue weighted by molar-refractivity contribution is 6.12. The molecule has 0 spiro atoms. The maximum atomic E-state index is 7.05. The van der Waals surface area contributed by atoms with E-state index in [1.54, 1.807) is 0 Å². The number of hydrogen-bond donors (Lipinski definition) is 0. The van der Waals surface area contributed by atoms with E-state index in [0.29, 0.717) is 0 Å². The van der Waals surface area contributed by atoms with Gasteiger partial charge in [0, 0.05) is 92.3 Å². The molecule has 1 fully saturated rings. The Hall–Kier alpha value is -13.5. The van der Waals surface area contributed by atoms with E-state index in [0.717, 1.165) is 186 Å². The molecule has 9 nitrogen and oxygen atoms in total. The van der Waals surface area contributed by atoms with Crippen LogP contribution in [-0.4, -0.2) is 29.9 Å². The number of benzene rings is 10. The lowest BCUT2D eigenvalue weighted by atomic mass is 9.65. The van der Waals surface area contributed by atoms with Crippen molar-refractivity contribution in [1.82, 2.24) is 29.9 Å². The van der Waals surface area contributed by atoms with Crippen molar-refractivity contribution in [3.05, 3.63) is 349 Å². The fourth-order valence-corrected chi connectivity index (χ4v) is 19.1. The summed E-state index contributed by atoms with van der Waals surface area (Å²) in [6, 6.07) is 98.2. The summed E-state index contributed by atoms with van der Waals surface area (Å²) in [5.41, 5.74) is 37.4. The lowest BCUT2D eigenvalue weighted by Gasteiger charge is -2.39. The number of para-hydroxylation sites is 3. The molecule has 2 atom stereocenters. The van der Waals surface area contributed by atoms with E-state index in [9.17, 15) is 0 Å². The summed E-state index contributed by atoms with van der Waals surface area (Å²) in [6.45, 7) is 29.9. The van der Waals surface area contributed by atoms with Crippen LogP contribution in [0.1, 0.15) is 165 Å². The molecule has 0 radical (unpaired) electrons. The molecule has 598 valence electrons. The third-order valence-corrected chi connectivity index (χ3v) is 25.7. The normalized spacial score (nSPS) is 14.9. The smallest absolute Gasteiger partial charge is 0.161 e. The molecule has 1 aliphatic rings. The van der Waals surface area contributed by atoms with Crippen molar-refractivity contribution >= 4 is 66.2 Å². The van der Waals surface area contributed by atoms with Gasteiger partial charge in [-0.25, -0.2) is 0 Å². The van der Waals surface area contributed by atoms with Crippen LogP contribution in [0.3, 0.4) is 0 Å². The topological polar surface area (TPSA) is 117 Å². The Bertz CT molecular complexity index is 7050. The van der Waals surface area contributed by atoms with Gasteiger partial charge in [0.05, 0.1) is 17.1 Å². The van der Waals surface area contributed by atoms with Crippen LogP contribution in [0.5, 0.6) is 0 Å². The average molecular weight is 1590 g/mol. The number of nitrogens with zero attached hydrogens (tertiary/aromatic N) is 6. The van der Waals surface area contributed by atoms with E-state index in [-0.39, 0.29) is 39.4 Å². The van der Waals surface area contributed by atoms with Crippen LogP contribution in [0, 0.1) is 6.92 Å². The van der Waals surface area contributed by atoms with Crippen LogP contribution in [0.15, 0.2) is 317 Å². The molecule has 0 aliphatic heterocycles. The van der Waals surface area contributed by atoms with Crippen molar-refractivity contribution in [1.29, 1.82) is 0 Å². The Balaban J connectivity index is 0.829. The predicted molar refractivity (Wildman–Crippen MR) is 504 cm³/mol. The first-order valence-corrected chi connectivity index (χ1v) is 43.0. The zero-order chi connectivity index (χ0) is 83.7. The van der Waals surface area contributed by atoms with Gasteiger partial charge < -0.3 is 13.3 Å². The van der Waals surface area contributed by atoms with Gasteiger partial charge in [-0.3, -0.25) is 29.9 Å². The summed E-state index contributed by atoms with van der Waals surface area (Å²) in [5, 5.41) is 2.94. The number of rotatable bonds is 13. The molecule has 9 aromatic heterocycles. The maximum Gasteiger partial charge on any atom is 0.161 e. The highest BCUT2D eigenvalue weighted by Gasteiger charge is 2.38. The molecule has 2 unspecified atom stereocenters. The number of pyridine rings is 6. The van der Waals surface area contributed by atoms with Crippen molar-refractivity contribution in [2.45, 2.75) is 149 Å². The van der Waals surface area contributed by atoms with E-state index in [1.807, 2.05) is 61.4 Å². The molecule has 122 heavy (non-hydrogen) atoms. The van der Waals surface area contributed by atoms with Crippen LogP contribution >= 0.6 is 0 Å². The molecule has 0 saturated heterocycles. The van der Waals surface area contributed by atoms with Crippen LogP contribution < -0.4 is 0 Å². The molecule has 0 N–H and O–H groups in total. The summed E-state index contributed by atoms with van der Waals surface area (Å²) >= 11 is 0. The van der Waals surface area contributed by atoms with Gasteiger partial charge in [0.15, 0.2) is 16.7 Å². The van der Waals surface area contributed by atoms with Crippen LogP contribution in [0.2, 0.25) is 0 Å². The molecular weight excluding hydrogens is 1490 g/mol. The molecule has 19 aromatic rings. The second-order valence-electron chi connectivity index (χ2n) is 37.8. The third kappa shape index (κ3) is 14.0. The van der Waals surface area contributed by atoms with E-state index >= 15 is 0 Å². The largest absolute Gasteiger partial charge is 0.454 e. The molecule has 9 heteroatoms. The highest BCUT2D eigenvalue weighted by atomic mass is 16.3. The predicted octanol–water partition coefficient (Wildman–Crippen LogP) is 30.8. The molecular formula is C113H98N6O3. The SMILES string of the molecule is Cc1cc(-c2ccc(-c3ccccc3C3CC(c4ccc(C(C)(C)C)cc4-c4ccc(-c5cc(C(C)(C)C)ccn5)cc4-c4ccnc5c4oc4ccccc45)CC(c4ccc(C(C)(C)C)cc4-c4ccc(-c5cc(C(C)(C)C)ccn5)cc4-c4ccnc5c4oc4ccccc45)C3)c(-c3ccnc4c3oc3ccccc34)c2)ncc1-c1ccccc1. The zero-order valence-corrected chi connectivity index (χ0v) is 71.6. The Morgan fingerprint density at radius 2 is 0.590 bits per heavy atom. The minimum absolute atomic E-state index is 0.00281. The zero-order valence-electron chi connectivity index (χ0n) is 71.6. The highest BCUT2D eigenvalue weighted by Crippen LogP contribution is 2.57. The van der Waals surface area contributed by atoms with E-state index in [4.69, 9.17) is 43.2 Å². The lowest BCUT2D eigenvalue weighted by molar-refractivity contribution is 0.352. The summed E-state index contributed by atoms with van der Waals surface area (Å²) in [6.07, 6.45) is 14.4. The fraction of sp³-hybridized carbons (Fsp3) is 0.204. The molecule has 20 rings (SSSR count). The fourth-order valence-electron chi connectivity index (χ4n) is 19.1. The quantitative estimate of drug-likeness (QED) is 0.111. The Morgan fingerprint density at radius 1 is 0.246 bits per heavy atom. The van der Waals surface area contributed by atoms with Crippen molar-refractivity contribution in [3.8, 4) is 112 Å². The van der Waals surface area contributed by atoms with E-state index in [2.05, 4.69) is 333 Å². The first-order valence-electron chi connectivity index (χ1n) is 43.0. The Kier molecular flexibility index (Phi) is 19.0. The van der Waals surface area contributed by atoms with E-state index in [1.165, 1.54) is 55.6 Å². The molecule has 0 amide bonds. The number of aromatic nitrogens is 6. The van der Waals surface area contributed by atoms with Gasteiger partial charge in [0.2, 0.25) is 0 Å². The number of fused-ring (bicyclic) bond motifs is 9. The first-order chi connectivity index (χ1) is 58.9. The number of aryl methyl sites for hydroxylation is 1. The second kappa shape index (κ2) is 30.0. The second-order valence-corrected chi connectivity index (χ2v) is 37.8. The minimum atomic E-state index is -0.217. The number of furan rings is 3. The standard InChI is InChI=1S/C113H98N6O3/c1-67-55-98(119-66-97(67)68-25-15-14-16-26-68)69-35-40-83(92(59-69)86-47-52-116-104-89-29-19-22-32-101(89)120-107(86)104)82-28-18-17-27-79(82)72-56-73(80-43-38-75(110(2,3)4)62-95(80)84-41-36-70(99-64-77(45-50-114-99)112(8,9)10)60-93(84)87-48-53-117-105-90-30-20-23-33-102(90)121-108(87)105)58-74(57-72)81-44-39-76(111(5,6)7)63-96(81)85-42-37-71(100-65-78(46-51-115-100)113(11,12)13)61-94(85)88-49-54-118-106-91-31-21-24-34-103(91)122-109(88)106/h14-55,59-66,72-74H,56-58H2,1-13H3. The third-order valence-electron chi connectivity index (χ3n) is 25.7. The Labute approximate surface area is 713 Å². The molecule has 0 bridgehead atoms. The van der Waals surface area contributed by atoms with Gasteiger partial charge in [0.1, 0.15) is 33.3 Å². The van der Waals surface area contributed by atoms with Crippen molar-refractivity contribution in [2.75, 3.05) is 0 Å². The summed E-state index contributed by atoms with van der Waals surface area (Å²) in [5.74, 6) is -0.00448. The molecule has 1 saturated carbocycles. The van der Waals surface area contributed by atoms with Gasteiger partial charge in [-0.2, -0.15) is 0 Å². The number of hydrogen-bond acceptors (Lipinski definition) is 9. The van der Waals surface area contributed by atoms with Gasteiger partial charge in [-0.05, 0) is 269 Å². The van der Waals surface area contributed by atoms with Crippen LogP contribution in [-0.2, 0) is 21.7 Å². The summed E-state index contributed by atoms with van der Waals surface area (Å²) < 4.78 is 21.1. The monoisotopic (exact) mass is 1590 g/mol. The summed E-state index contributed by atoms with van der Waals surface area (Å²) in [4.78, 5) is 30.8. The van der Waals surface area contributed by atoms with Crippen LogP contribution in [0.4, 0.5) is 0 Å². The summed E-state index contributed by atoms with van der Waals surface area (Å²) in [7, 11) is 0. The molecule has 1 aliphatic carbocycles. The minimum Gasteiger partial charge on any atom is -0.454 e. The van der Waals surface area contributed by atoms with Crippen molar-refractivity contribution in [2.24, 2.45) is 0 Å². The lowest BCUT2D eigenvalue weighted by Crippen LogP contribution is -2.22. The maximum absolute atomic E-state index is 7.05. The van der Waals surface area contributed by atoms with E-state index < -0.39 is 0 Å².